The molecule has 0 aromatic carbocycles. The predicted molar refractivity (Wildman–Crippen MR) is 108 cm³/mol. The smallest absolute Gasteiger partial charge is 0.320 e. The van der Waals surface area contributed by atoms with Crippen molar-refractivity contribution in [3.8, 4) is 0 Å². The molecule has 2 fully saturated rings. The Bertz CT molecular complexity index is 844. The molecule has 3 rings (SSSR count). The molecule has 3 heterocycles. The number of nitrogens with one attached hydrogen (secondary N) is 1. The largest absolute Gasteiger partial charge is 0.359 e. The third-order valence-electron chi connectivity index (χ3n) is 5.42. The summed E-state index contributed by atoms with van der Waals surface area (Å²) >= 11 is 0. The first kappa shape index (κ1) is 21.6. The lowest BCUT2D eigenvalue weighted by Crippen LogP contribution is -2.55. The van der Waals surface area contributed by atoms with Crippen LogP contribution in [0.15, 0.2) is 10.6 Å². The predicted octanol–water partition coefficient (Wildman–Crippen LogP) is 2.01. The van der Waals surface area contributed by atoms with Crippen LogP contribution >= 0.6 is 0 Å². The van der Waals surface area contributed by atoms with Crippen LogP contribution in [0.4, 0.5) is 10.6 Å². The highest BCUT2D eigenvalue weighted by Gasteiger charge is 2.36. The van der Waals surface area contributed by atoms with Gasteiger partial charge in [-0.2, -0.15) is 0 Å². The van der Waals surface area contributed by atoms with E-state index in [1.165, 1.54) is 0 Å². The van der Waals surface area contributed by atoms with Gasteiger partial charge < -0.3 is 19.6 Å². The first-order valence-electron chi connectivity index (χ1n) is 10.1. The molecule has 10 heteroatoms. The van der Waals surface area contributed by atoms with Crippen LogP contribution in [0, 0.1) is 0 Å². The second-order valence-electron chi connectivity index (χ2n) is 8.80. The first-order valence-corrected chi connectivity index (χ1v) is 11.9. The van der Waals surface area contributed by atoms with Gasteiger partial charge in [0.25, 0.3) is 0 Å². The lowest BCUT2D eigenvalue weighted by atomic mass is 9.93. The minimum Gasteiger partial charge on any atom is -0.359 e. The number of aromatic nitrogens is 1. The minimum absolute atomic E-state index is 0.0298. The summed E-state index contributed by atoms with van der Waals surface area (Å²) in [5.41, 5.74) is -0.227. The van der Waals surface area contributed by atoms with Crippen LogP contribution in [0.3, 0.4) is 0 Å². The number of anilines is 1. The molecule has 0 saturated carbocycles. The number of hydrogen-bond acceptors (Lipinski definition) is 6. The monoisotopic (exact) mass is 426 g/mol. The van der Waals surface area contributed by atoms with Crippen LogP contribution in [-0.2, 0) is 20.0 Å². The Hall–Kier alpha value is -2.10. The highest BCUT2D eigenvalue weighted by molar-refractivity contribution is 7.91. The average molecular weight is 427 g/mol. The van der Waals surface area contributed by atoms with Crippen molar-refractivity contribution < 1.29 is 22.5 Å². The zero-order valence-electron chi connectivity index (χ0n) is 17.3. The third-order valence-corrected chi connectivity index (χ3v) is 7.03. The molecular weight excluding hydrogens is 396 g/mol. The van der Waals surface area contributed by atoms with Gasteiger partial charge in [0.2, 0.25) is 5.91 Å². The standard InChI is InChI=1S/C19H30N4O5S/c1-19(2,3)15-13-16(21-28-15)20-17(24)14-7-5-4-6-8-23(14)18(25)22-9-11-29(26,27)12-10-22/h13-14H,4-12H2,1-3H3,(H,20,21,24)/t14-/m0/s1. The van der Waals surface area contributed by atoms with Gasteiger partial charge in [0.05, 0.1) is 11.5 Å². The molecular formula is C19H30N4O5S. The topological polar surface area (TPSA) is 113 Å². The summed E-state index contributed by atoms with van der Waals surface area (Å²) in [4.78, 5) is 29.2. The van der Waals surface area contributed by atoms with Crippen LogP contribution in [0.25, 0.3) is 0 Å². The summed E-state index contributed by atoms with van der Waals surface area (Å²) in [5.74, 6) is 0.644. The maximum Gasteiger partial charge on any atom is 0.320 e. The highest BCUT2D eigenvalue weighted by Crippen LogP contribution is 2.25. The second kappa shape index (κ2) is 8.33. The molecule has 1 aromatic heterocycles. The van der Waals surface area contributed by atoms with E-state index in [0.717, 1.165) is 19.3 Å². The van der Waals surface area contributed by atoms with Crippen molar-refractivity contribution in [2.45, 2.75) is 57.9 Å². The zero-order valence-corrected chi connectivity index (χ0v) is 18.1. The van der Waals surface area contributed by atoms with Crippen molar-refractivity contribution in [3.05, 3.63) is 11.8 Å². The lowest BCUT2D eigenvalue weighted by molar-refractivity contribution is -0.120. The molecule has 1 N–H and O–H groups in total. The number of rotatable bonds is 2. The first-order chi connectivity index (χ1) is 13.6. The Kier molecular flexibility index (Phi) is 6.21. The van der Waals surface area contributed by atoms with Gasteiger partial charge in [0.1, 0.15) is 11.8 Å². The number of carbonyl (C=O) groups is 2. The van der Waals surface area contributed by atoms with Gasteiger partial charge in [-0.15, -0.1) is 0 Å². The molecule has 162 valence electrons. The number of nitrogens with zero attached hydrogens (tertiary/aromatic N) is 3. The van der Waals surface area contributed by atoms with Gasteiger partial charge in [-0.25, -0.2) is 13.2 Å². The van der Waals surface area contributed by atoms with Crippen molar-refractivity contribution in [2.24, 2.45) is 0 Å². The highest BCUT2D eigenvalue weighted by atomic mass is 32.2. The summed E-state index contributed by atoms with van der Waals surface area (Å²) < 4.78 is 28.7. The van der Waals surface area contributed by atoms with E-state index in [1.807, 2.05) is 20.8 Å². The molecule has 9 nitrogen and oxygen atoms in total. The van der Waals surface area contributed by atoms with Gasteiger partial charge in [0.15, 0.2) is 15.7 Å². The average Bonchev–Trinajstić information content (AvgIpc) is 2.97. The molecule has 0 spiro atoms. The van der Waals surface area contributed by atoms with E-state index in [-0.39, 0.29) is 41.9 Å². The van der Waals surface area contributed by atoms with Crippen molar-refractivity contribution in [2.75, 3.05) is 36.5 Å². The maximum atomic E-state index is 13.1. The van der Waals surface area contributed by atoms with Crippen LogP contribution in [0.5, 0.6) is 0 Å². The molecule has 0 bridgehead atoms. The van der Waals surface area contributed by atoms with Crippen molar-refractivity contribution in [3.63, 3.8) is 0 Å². The van der Waals surface area contributed by atoms with Crippen LogP contribution in [-0.4, -0.2) is 72.5 Å². The summed E-state index contributed by atoms with van der Waals surface area (Å²) in [6.45, 7) is 6.79. The van der Waals surface area contributed by atoms with Crippen LogP contribution in [0.1, 0.15) is 52.2 Å². The van der Waals surface area contributed by atoms with Gasteiger partial charge in [-0.1, -0.05) is 38.8 Å². The summed E-state index contributed by atoms with van der Waals surface area (Å²) in [6, 6.07) is 0.826. The van der Waals surface area contributed by atoms with Crippen molar-refractivity contribution in [1.82, 2.24) is 15.0 Å². The summed E-state index contributed by atoms with van der Waals surface area (Å²) in [5, 5.41) is 6.71. The van der Waals surface area contributed by atoms with E-state index >= 15 is 0 Å². The van der Waals surface area contributed by atoms with Gasteiger partial charge in [-0.3, -0.25) is 4.79 Å². The van der Waals surface area contributed by atoms with Crippen LogP contribution < -0.4 is 5.32 Å². The van der Waals surface area contributed by atoms with Gasteiger partial charge >= 0.3 is 6.03 Å². The van der Waals surface area contributed by atoms with Gasteiger partial charge in [0, 0.05) is 31.1 Å². The molecule has 29 heavy (non-hydrogen) atoms. The molecule has 0 aliphatic carbocycles. The number of carbonyl (C=O) groups excluding carboxylic acids is 2. The number of likely N-dealkylation sites (tertiary alicyclic amines) is 1. The Labute approximate surface area is 171 Å². The third kappa shape index (κ3) is 5.29. The maximum absolute atomic E-state index is 13.1. The molecule has 2 aliphatic rings. The molecule has 0 unspecified atom stereocenters. The van der Waals surface area contributed by atoms with E-state index in [2.05, 4.69) is 10.5 Å². The number of urea groups is 1. The van der Waals surface area contributed by atoms with Crippen molar-refractivity contribution in [1.29, 1.82) is 0 Å². The Balaban J connectivity index is 1.71. The fraction of sp³-hybridized carbons (Fsp3) is 0.737. The fourth-order valence-corrected chi connectivity index (χ4v) is 4.79. The second-order valence-corrected chi connectivity index (χ2v) is 11.1. The Morgan fingerprint density at radius 3 is 2.45 bits per heavy atom. The van der Waals surface area contributed by atoms with E-state index in [1.54, 1.807) is 15.9 Å². The number of hydrogen-bond donors (Lipinski definition) is 1. The SMILES string of the molecule is CC(C)(C)c1cc(NC(=O)[C@@H]2CCCCCN2C(=O)N2CCS(=O)(=O)CC2)no1. The van der Waals surface area contributed by atoms with E-state index in [9.17, 15) is 18.0 Å². The lowest BCUT2D eigenvalue weighted by Gasteiger charge is -2.35. The normalized spacial score (nSPS) is 22.8. The minimum atomic E-state index is -3.08. The molecule has 1 atom stereocenters. The van der Waals surface area contributed by atoms with Crippen LogP contribution in [0.2, 0.25) is 0 Å². The van der Waals surface area contributed by atoms with Gasteiger partial charge in [-0.05, 0) is 12.8 Å². The zero-order chi connectivity index (χ0) is 21.2. The Morgan fingerprint density at radius 2 is 1.83 bits per heavy atom. The molecule has 3 amide bonds. The number of amides is 3. The number of sulfone groups is 1. The molecule has 0 radical (unpaired) electrons. The Morgan fingerprint density at radius 1 is 1.14 bits per heavy atom. The van der Waals surface area contributed by atoms with E-state index in [4.69, 9.17) is 4.52 Å². The summed E-state index contributed by atoms with van der Waals surface area (Å²) in [7, 11) is -3.08. The molecule has 2 aliphatic heterocycles. The summed E-state index contributed by atoms with van der Waals surface area (Å²) in [6.07, 6.45) is 3.18. The molecule has 2 saturated heterocycles. The van der Waals surface area contributed by atoms with E-state index < -0.39 is 15.9 Å². The fourth-order valence-electron chi connectivity index (χ4n) is 3.59. The quantitative estimate of drug-likeness (QED) is 0.774. The van der Waals surface area contributed by atoms with Crippen molar-refractivity contribution >= 4 is 27.6 Å². The molecule has 1 aromatic rings. The van der Waals surface area contributed by atoms with E-state index in [0.29, 0.717) is 24.5 Å².